The number of nitrogens with two attached hydrogens (primary N) is 1. The maximum absolute atomic E-state index is 12.1. The summed E-state index contributed by atoms with van der Waals surface area (Å²) in [6, 6.07) is 0.402. The highest BCUT2D eigenvalue weighted by molar-refractivity contribution is 6.30. The zero-order valence-electron chi connectivity index (χ0n) is 6.75. The van der Waals surface area contributed by atoms with Gasteiger partial charge in [-0.05, 0) is 12.1 Å². The minimum atomic E-state index is -4.49. The summed E-state index contributed by atoms with van der Waals surface area (Å²) in [5.41, 5.74) is 4.62. The summed E-state index contributed by atoms with van der Waals surface area (Å²) in [6.45, 7) is 0. The van der Waals surface area contributed by atoms with Crippen LogP contribution in [0.3, 0.4) is 0 Å². The molecule has 80 valence electrons. The van der Waals surface area contributed by atoms with Gasteiger partial charge in [-0.3, -0.25) is 4.98 Å². The molecule has 1 heterocycles. The number of aromatic nitrogens is 1. The fourth-order valence-corrected chi connectivity index (χ4v) is 0.927. The Labute approximate surface area is 89.7 Å². The molecule has 0 radical (unpaired) electrons. The summed E-state index contributed by atoms with van der Waals surface area (Å²) in [5.74, 6) is 0. The van der Waals surface area contributed by atoms with Crippen molar-refractivity contribution in [2.24, 2.45) is 5.73 Å². The third kappa shape index (κ3) is 3.32. The highest BCUT2D eigenvalue weighted by atomic mass is 35.5. The van der Waals surface area contributed by atoms with Gasteiger partial charge in [-0.1, -0.05) is 11.6 Å². The quantitative estimate of drug-likeness (QED) is 0.828. The van der Waals surface area contributed by atoms with Crippen molar-refractivity contribution in [3.63, 3.8) is 0 Å². The van der Waals surface area contributed by atoms with Gasteiger partial charge in [0.05, 0.1) is 5.69 Å². The van der Waals surface area contributed by atoms with Gasteiger partial charge in [-0.25, -0.2) is 0 Å². The van der Waals surface area contributed by atoms with Crippen LogP contribution in [0.1, 0.15) is 11.7 Å². The van der Waals surface area contributed by atoms with Crippen LogP contribution in [0.5, 0.6) is 0 Å². The Morgan fingerprint density at radius 3 is 2.43 bits per heavy atom. The van der Waals surface area contributed by atoms with E-state index >= 15 is 0 Å². The van der Waals surface area contributed by atoms with Crippen LogP contribution in [-0.4, -0.2) is 11.2 Å². The fourth-order valence-electron chi connectivity index (χ4n) is 0.759. The standard InChI is InChI=1S/C7H6ClF3N2.ClH/c8-4-1-2-13-5(3-4)6(12)7(9,10)11;/h1-3,6H,12H2;1H/t6-;/m1./s1. The van der Waals surface area contributed by atoms with Gasteiger partial charge in [0.25, 0.3) is 0 Å². The summed E-state index contributed by atoms with van der Waals surface area (Å²) < 4.78 is 36.2. The van der Waals surface area contributed by atoms with E-state index in [9.17, 15) is 13.2 Å². The molecule has 7 heteroatoms. The van der Waals surface area contributed by atoms with Crippen LogP contribution >= 0.6 is 24.0 Å². The Balaban J connectivity index is 0.00000169. The number of pyridine rings is 1. The van der Waals surface area contributed by atoms with Crippen LogP contribution in [0.25, 0.3) is 0 Å². The summed E-state index contributed by atoms with van der Waals surface area (Å²) in [6.07, 6.45) is -3.30. The van der Waals surface area contributed by atoms with Crippen LogP contribution in [-0.2, 0) is 0 Å². The first-order valence-corrected chi connectivity index (χ1v) is 3.73. The van der Waals surface area contributed by atoms with Crippen LogP contribution in [0.4, 0.5) is 13.2 Å². The second kappa shape index (κ2) is 4.82. The Bertz CT molecular complexity index is 303. The molecule has 1 rings (SSSR count). The van der Waals surface area contributed by atoms with Crippen molar-refractivity contribution >= 4 is 24.0 Å². The smallest absolute Gasteiger partial charge is 0.315 e. The second-order valence-electron chi connectivity index (χ2n) is 2.42. The van der Waals surface area contributed by atoms with Crippen molar-refractivity contribution in [1.82, 2.24) is 4.98 Å². The van der Waals surface area contributed by atoms with E-state index in [1.165, 1.54) is 12.3 Å². The lowest BCUT2D eigenvalue weighted by molar-refractivity contribution is -0.149. The largest absolute Gasteiger partial charge is 0.409 e. The predicted octanol–water partition coefficient (Wildman–Crippen LogP) is 2.72. The fraction of sp³-hybridized carbons (Fsp3) is 0.286. The van der Waals surface area contributed by atoms with Crippen molar-refractivity contribution in [2.75, 3.05) is 0 Å². The highest BCUT2D eigenvalue weighted by Gasteiger charge is 2.38. The maximum Gasteiger partial charge on any atom is 0.409 e. The van der Waals surface area contributed by atoms with E-state index < -0.39 is 12.2 Å². The summed E-state index contributed by atoms with van der Waals surface area (Å²) in [5, 5.41) is 0.185. The molecule has 0 aliphatic heterocycles. The zero-order chi connectivity index (χ0) is 10.1. The third-order valence-corrected chi connectivity index (χ3v) is 1.65. The lowest BCUT2D eigenvalue weighted by atomic mass is 10.2. The van der Waals surface area contributed by atoms with E-state index in [1.807, 2.05) is 0 Å². The molecule has 0 aliphatic rings. The molecule has 0 saturated carbocycles. The molecule has 0 unspecified atom stereocenters. The molecule has 0 amide bonds. The van der Waals surface area contributed by atoms with E-state index in [4.69, 9.17) is 17.3 Å². The summed E-state index contributed by atoms with van der Waals surface area (Å²) >= 11 is 5.48. The molecule has 2 N–H and O–H groups in total. The molecule has 2 nitrogen and oxygen atoms in total. The van der Waals surface area contributed by atoms with Gasteiger partial charge in [0.1, 0.15) is 6.04 Å². The number of nitrogens with zero attached hydrogens (tertiary/aromatic N) is 1. The minimum Gasteiger partial charge on any atom is -0.315 e. The molecule has 0 saturated heterocycles. The first-order valence-electron chi connectivity index (χ1n) is 3.35. The van der Waals surface area contributed by atoms with E-state index in [1.54, 1.807) is 0 Å². The van der Waals surface area contributed by atoms with Gasteiger partial charge in [-0.15, -0.1) is 12.4 Å². The topological polar surface area (TPSA) is 38.9 Å². The predicted molar refractivity (Wildman–Crippen MR) is 49.5 cm³/mol. The van der Waals surface area contributed by atoms with E-state index in [2.05, 4.69) is 4.98 Å². The molecule has 1 aromatic rings. The van der Waals surface area contributed by atoms with Crippen LogP contribution in [0.15, 0.2) is 18.3 Å². The number of halogens is 5. The SMILES string of the molecule is Cl.N[C@H](c1cc(Cl)ccn1)C(F)(F)F. The molecule has 14 heavy (non-hydrogen) atoms. The van der Waals surface area contributed by atoms with Gasteiger partial charge in [0.15, 0.2) is 0 Å². The lowest BCUT2D eigenvalue weighted by Gasteiger charge is -2.14. The average Bonchev–Trinajstić information content (AvgIpc) is 2.01. The molecular weight excluding hydrogens is 240 g/mol. The van der Waals surface area contributed by atoms with Crippen molar-refractivity contribution < 1.29 is 13.2 Å². The molecule has 1 aromatic heterocycles. The highest BCUT2D eigenvalue weighted by Crippen LogP contribution is 2.29. The Hall–Kier alpha value is -0.520. The number of hydrogen-bond acceptors (Lipinski definition) is 2. The van der Waals surface area contributed by atoms with Crippen LogP contribution in [0.2, 0.25) is 5.02 Å². The van der Waals surface area contributed by atoms with Crippen molar-refractivity contribution in [2.45, 2.75) is 12.2 Å². The Morgan fingerprint density at radius 1 is 1.43 bits per heavy atom. The summed E-state index contributed by atoms with van der Waals surface area (Å²) in [7, 11) is 0. The summed E-state index contributed by atoms with van der Waals surface area (Å²) in [4.78, 5) is 3.48. The minimum absolute atomic E-state index is 0. The maximum atomic E-state index is 12.1. The van der Waals surface area contributed by atoms with Gasteiger partial charge in [-0.2, -0.15) is 13.2 Å². The second-order valence-corrected chi connectivity index (χ2v) is 2.85. The first kappa shape index (κ1) is 13.5. The van der Waals surface area contributed by atoms with Crippen molar-refractivity contribution in [1.29, 1.82) is 0 Å². The van der Waals surface area contributed by atoms with Crippen molar-refractivity contribution in [3.05, 3.63) is 29.0 Å². The Kier molecular flexibility index (Phi) is 4.64. The van der Waals surface area contributed by atoms with E-state index in [-0.39, 0.29) is 23.1 Å². The normalized spacial score (nSPS) is 13.2. The van der Waals surface area contributed by atoms with Gasteiger partial charge < -0.3 is 5.73 Å². The van der Waals surface area contributed by atoms with Gasteiger partial charge in [0.2, 0.25) is 0 Å². The number of hydrogen-bond donors (Lipinski definition) is 1. The first-order chi connectivity index (χ1) is 5.91. The molecule has 0 aromatic carbocycles. The lowest BCUT2D eigenvalue weighted by Crippen LogP contribution is -2.29. The van der Waals surface area contributed by atoms with Gasteiger partial charge in [0, 0.05) is 11.2 Å². The number of alkyl halides is 3. The molecule has 0 aliphatic carbocycles. The number of rotatable bonds is 1. The van der Waals surface area contributed by atoms with Crippen LogP contribution < -0.4 is 5.73 Å². The monoisotopic (exact) mass is 246 g/mol. The van der Waals surface area contributed by atoms with Gasteiger partial charge >= 0.3 is 6.18 Å². The molecule has 0 spiro atoms. The third-order valence-electron chi connectivity index (χ3n) is 1.41. The van der Waals surface area contributed by atoms with E-state index in [0.29, 0.717) is 0 Å². The zero-order valence-corrected chi connectivity index (χ0v) is 8.33. The molecular formula is C7H7Cl2F3N2. The van der Waals surface area contributed by atoms with E-state index in [0.717, 1.165) is 6.07 Å². The average molecular weight is 247 g/mol. The van der Waals surface area contributed by atoms with Crippen LogP contribution in [0, 0.1) is 0 Å². The Morgan fingerprint density at radius 2 is 2.00 bits per heavy atom. The molecule has 0 fully saturated rings. The molecule has 0 bridgehead atoms. The van der Waals surface area contributed by atoms with Crippen molar-refractivity contribution in [3.8, 4) is 0 Å². The molecule has 1 atom stereocenters.